The Morgan fingerprint density at radius 3 is 2.74 bits per heavy atom. The fourth-order valence-corrected chi connectivity index (χ4v) is 10.0. The largest absolute Gasteiger partial charge is 0.486 e. The van der Waals surface area contributed by atoms with Crippen molar-refractivity contribution in [3.05, 3.63) is 34.4 Å². The van der Waals surface area contributed by atoms with Crippen LogP contribution >= 0.6 is 22.9 Å². The Morgan fingerprint density at radius 2 is 2.00 bits per heavy atom. The van der Waals surface area contributed by atoms with Crippen LogP contribution in [0.15, 0.2) is 12.1 Å². The van der Waals surface area contributed by atoms with Crippen molar-refractivity contribution < 1.29 is 22.6 Å². The number of anilines is 2. The van der Waals surface area contributed by atoms with Crippen molar-refractivity contribution in [3.8, 4) is 29.0 Å². The van der Waals surface area contributed by atoms with Crippen molar-refractivity contribution in [2.24, 2.45) is 5.92 Å². The van der Waals surface area contributed by atoms with E-state index in [0.717, 1.165) is 50.0 Å². The molecule has 0 spiro atoms. The van der Waals surface area contributed by atoms with E-state index in [-0.39, 0.29) is 72.3 Å². The summed E-state index contributed by atoms with van der Waals surface area (Å²) in [4.78, 5) is 13.9. The van der Waals surface area contributed by atoms with Crippen molar-refractivity contribution in [2.45, 2.75) is 68.8 Å². The lowest BCUT2D eigenvalue weighted by atomic mass is 9.49. The zero-order valence-corrected chi connectivity index (χ0v) is 26.6. The molecule has 3 saturated carbocycles. The van der Waals surface area contributed by atoms with Gasteiger partial charge in [-0.25, -0.2) is 13.2 Å². The number of hydrogen-bond donors (Lipinski definition) is 1. The molecule has 3 aliphatic heterocycles. The molecule has 0 amide bonds. The topological polar surface area (TPSA) is 101 Å². The second kappa shape index (κ2) is 9.75. The van der Waals surface area contributed by atoms with Crippen LogP contribution in [0.2, 0.25) is 5.02 Å². The number of ether oxygens (including phenoxy) is 2. The number of nitrogens with two attached hydrogens (primary N) is 1. The maximum atomic E-state index is 17.2. The average molecular weight is 667 g/mol. The Morgan fingerprint density at radius 1 is 1.20 bits per heavy atom. The minimum atomic E-state index is -0.925. The zero-order valence-electron chi connectivity index (χ0n) is 25.0. The Labute approximate surface area is 271 Å². The second-order valence-electron chi connectivity index (χ2n) is 13.7. The van der Waals surface area contributed by atoms with Crippen molar-refractivity contribution >= 4 is 54.7 Å². The van der Waals surface area contributed by atoms with E-state index in [1.54, 1.807) is 0 Å². The lowest BCUT2D eigenvalue weighted by Crippen LogP contribution is -2.69. The highest BCUT2D eigenvalue weighted by Crippen LogP contribution is 2.63. The number of alkyl halides is 1. The van der Waals surface area contributed by atoms with Gasteiger partial charge >= 0.3 is 6.01 Å². The van der Waals surface area contributed by atoms with Crippen LogP contribution in [0.1, 0.15) is 51.0 Å². The minimum Gasteiger partial charge on any atom is -0.486 e. The quantitative estimate of drug-likeness (QED) is 0.243. The SMILES string of the molecule is C[C@H]1CN(C23CC(C2)C3)c2nc(OC[C@@]34CCCN3C[C@H](F)C4)nc3c(F)c(-c4ccc(F)c5sc(N)c(C#N)c45)c(Cl)c(c23)O1. The molecule has 2 N–H and O–H groups in total. The fraction of sp³-hybridized carbons (Fsp3) is 0.485. The number of nitrogen functional groups attached to an aromatic ring is 1. The summed E-state index contributed by atoms with van der Waals surface area (Å²) in [6.45, 7) is 3.81. The van der Waals surface area contributed by atoms with Crippen LogP contribution in [0.25, 0.3) is 32.1 Å². The van der Waals surface area contributed by atoms with E-state index in [0.29, 0.717) is 36.6 Å². The third-order valence-corrected chi connectivity index (χ3v) is 12.4. The molecule has 5 heterocycles. The summed E-state index contributed by atoms with van der Waals surface area (Å²) in [5.41, 5.74) is 5.71. The summed E-state index contributed by atoms with van der Waals surface area (Å²) in [5.74, 6) is 0.0648. The maximum absolute atomic E-state index is 17.2. The number of halogens is 4. The van der Waals surface area contributed by atoms with Gasteiger partial charge in [-0.1, -0.05) is 17.7 Å². The molecular weight excluding hydrogens is 637 g/mol. The first-order chi connectivity index (χ1) is 22.1. The third-order valence-electron chi connectivity index (χ3n) is 11.0. The van der Waals surface area contributed by atoms with Gasteiger partial charge in [0, 0.05) is 29.5 Å². The molecule has 0 unspecified atom stereocenters. The number of hydrogen-bond acceptors (Lipinski definition) is 9. The first kappa shape index (κ1) is 28.7. The Balaban J connectivity index is 1.27. The number of benzene rings is 2. The molecule has 13 heteroatoms. The van der Waals surface area contributed by atoms with Crippen LogP contribution in [0.4, 0.5) is 24.0 Å². The summed E-state index contributed by atoms with van der Waals surface area (Å²) in [6.07, 6.45) is 3.93. The van der Waals surface area contributed by atoms with Gasteiger partial charge in [0.15, 0.2) is 11.6 Å². The second-order valence-corrected chi connectivity index (χ2v) is 15.2. The van der Waals surface area contributed by atoms with Gasteiger partial charge in [0.1, 0.15) is 47.1 Å². The van der Waals surface area contributed by atoms with Gasteiger partial charge in [0.2, 0.25) is 0 Å². The van der Waals surface area contributed by atoms with E-state index >= 15 is 4.39 Å². The molecule has 3 atom stereocenters. The summed E-state index contributed by atoms with van der Waals surface area (Å²) in [6, 6.07) is 4.67. The molecule has 4 aromatic rings. The standard InChI is InChI=1S/C33H30ClF3N6O2S/c1-15-12-43(33-7-16(8-33)9-33)30-23-26(40-31(41-30)44-14-32-5-2-6-42(32)13-17(35)10-32)25(37)22(24(34)27(23)45-15)18-3-4-20(36)28-21(18)19(11-38)29(39)46-28/h3-4,15-17H,2,5-10,12-14,39H2,1H3/t15-,16?,17+,32-,33?/m0/s1. The van der Waals surface area contributed by atoms with Crippen LogP contribution in [-0.2, 0) is 0 Å². The Kier molecular flexibility index (Phi) is 6.08. The number of rotatable bonds is 5. The normalized spacial score (nSPS) is 29.7. The van der Waals surface area contributed by atoms with Gasteiger partial charge in [-0.15, -0.1) is 11.3 Å². The predicted molar refractivity (Wildman–Crippen MR) is 170 cm³/mol. The first-order valence-electron chi connectivity index (χ1n) is 15.7. The average Bonchev–Trinajstić information content (AvgIpc) is 3.59. The lowest BCUT2D eigenvalue weighted by Gasteiger charge is -2.66. The van der Waals surface area contributed by atoms with E-state index in [9.17, 15) is 14.0 Å². The molecule has 2 aromatic carbocycles. The molecule has 2 bridgehead atoms. The monoisotopic (exact) mass is 666 g/mol. The minimum absolute atomic E-state index is 0.00273. The van der Waals surface area contributed by atoms with Crippen molar-refractivity contribution in [3.63, 3.8) is 0 Å². The molecular formula is C33H30ClF3N6O2S. The van der Waals surface area contributed by atoms with Crippen molar-refractivity contribution in [2.75, 3.05) is 36.9 Å². The van der Waals surface area contributed by atoms with Gasteiger partial charge in [-0.05, 0) is 63.1 Å². The summed E-state index contributed by atoms with van der Waals surface area (Å²) >= 11 is 8.01. The fourth-order valence-electron chi connectivity index (χ4n) is 8.76. The number of thiophene rings is 1. The summed E-state index contributed by atoms with van der Waals surface area (Å²) < 4.78 is 59.6. The highest BCUT2D eigenvalue weighted by Gasteiger charge is 2.61. The molecule has 2 saturated heterocycles. The van der Waals surface area contributed by atoms with Gasteiger partial charge in [0.25, 0.3) is 0 Å². The Hall–Kier alpha value is -3.53. The van der Waals surface area contributed by atoms with E-state index in [1.165, 1.54) is 12.1 Å². The molecule has 238 valence electrons. The molecule has 0 radical (unpaired) electrons. The molecule has 3 aliphatic carbocycles. The molecule has 8 nitrogen and oxygen atoms in total. The van der Waals surface area contributed by atoms with E-state index in [1.807, 2.05) is 13.0 Å². The number of nitrogens with zero attached hydrogens (tertiary/aromatic N) is 5. The lowest BCUT2D eigenvalue weighted by molar-refractivity contribution is -0.0286. The molecule has 5 fully saturated rings. The number of nitriles is 1. The number of aromatic nitrogens is 2. The molecule has 6 aliphatic rings. The van der Waals surface area contributed by atoms with Crippen LogP contribution in [0, 0.1) is 28.9 Å². The van der Waals surface area contributed by atoms with Crippen LogP contribution < -0.4 is 20.1 Å². The zero-order chi connectivity index (χ0) is 31.7. The van der Waals surface area contributed by atoms with Crippen LogP contribution in [-0.4, -0.2) is 64.5 Å². The predicted octanol–water partition coefficient (Wildman–Crippen LogP) is 6.99. The third kappa shape index (κ3) is 3.82. The van der Waals surface area contributed by atoms with Gasteiger partial charge < -0.3 is 20.1 Å². The first-order valence-corrected chi connectivity index (χ1v) is 16.9. The van der Waals surface area contributed by atoms with E-state index in [4.69, 9.17) is 31.8 Å². The van der Waals surface area contributed by atoms with Crippen molar-refractivity contribution in [1.82, 2.24) is 14.9 Å². The van der Waals surface area contributed by atoms with E-state index < -0.39 is 23.3 Å². The smallest absolute Gasteiger partial charge is 0.319 e. The van der Waals surface area contributed by atoms with Crippen LogP contribution in [0.5, 0.6) is 11.8 Å². The van der Waals surface area contributed by atoms with E-state index in [2.05, 4.69) is 14.8 Å². The van der Waals surface area contributed by atoms with Gasteiger partial charge in [0.05, 0.1) is 32.8 Å². The highest BCUT2D eigenvalue weighted by molar-refractivity contribution is 7.23. The molecule has 10 rings (SSSR count). The summed E-state index contributed by atoms with van der Waals surface area (Å²) in [7, 11) is 0. The van der Waals surface area contributed by atoms with Gasteiger partial charge in [-0.3, -0.25) is 4.90 Å². The maximum Gasteiger partial charge on any atom is 0.319 e. The van der Waals surface area contributed by atoms with Gasteiger partial charge in [-0.2, -0.15) is 15.2 Å². The number of fused-ring (bicyclic) bond motifs is 2. The highest BCUT2D eigenvalue weighted by atomic mass is 35.5. The van der Waals surface area contributed by atoms with Crippen LogP contribution in [0.3, 0.4) is 0 Å². The molecule has 46 heavy (non-hydrogen) atoms. The molecule has 2 aromatic heterocycles. The summed E-state index contributed by atoms with van der Waals surface area (Å²) in [5, 5.41) is 10.6. The van der Waals surface area contributed by atoms with Crippen molar-refractivity contribution in [1.29, 1.82) is 5.26 Å². The Bertz CT molecular complexity index is 2020.